The number of nitrogens with zero attached hydrogens (tertiary/aromatic N) is 2. The van der Waals surface area contributed by atoms with Crippen LogP contribution in [0.1, 0.15) is 0 Å². The maximum Gasteiger partial charge on any atom is 0.0835 e. The van der Waals surface area contributed by atoms with E-state index in [0.717, 1.165) is 0 Å². The van der Waals surface area contributed by atoms with E-state index in [1.54, 1.807) is 0 Å². The molecule has 0 rings (SSSR count). The van der Waals surface area contributed by atoms with E-state index < -0.39 is 0 Å². The van der Waals surface area contributed by atoms with E-state index in [0.29, 0.717) is 11.4 Å². The van der Waals surface area contributed by atoms with Gasteiger partial charge in [0.2, 0.25) is 0 Å². The van der Waals surface area contributed by atoms with Gasteiger partial charge in [0.15, 0.2) is 0 Å². The molecule has 0 unspecified atom stereocenters. The summed E-state index contributed by atoms with van der Waals surface area (Å²) >= 11 is 0.422. The molecule has 0 fully saturated rings. The lowest BCUT2D eigenvalue weighted by Crippen LogP contribution is -1.28. The molecule has 0 heterocycles. The van der Waals surface area contributed by atoms with E-state index in [4.69, 9.17) is 10.3 Å². The minimum absolute atomic E-state index is 0.422. The summed E-state index contributed by atoms with van der Waals surface area (Å²) in [4.78, 5) is 0. The molecule has 0 aromatic heterocycles. The van der Waals surface area contributed by atoms with Crippen molar-refractivity contribution in [3.05, 3.63) is 0 Å². The van der Waals surface area contributed by atoms with Gasteiger partial charge in [0.05, 0.1) is 11.4 Å². The highest BCUT2D eigenvalue weighted by atomic mass is 32.1. The molecule has 0 radical (unpaired) electrons. The third-order valence-electron chi connectivity index (χ3n) is 0.0816. The first-order chi connectivity index (χ1) is 2.41. The van der Waals surface area contributed by atoms with Gasteiger partial charge in [-0.25, -0.2) is 4.78 Å². The molecule has 0 saturated carbocycles. The molecule has 5 heteroatoms. The summed E-state index contributed by atoms with van der Waals surface area (Å²) in [6, 6.07) is 0. The predicted molar refractivity (Wildman–Crippen MR) is 17.7 cm³/mol. The first kappa shape index (κ1) is 4.42. The van der Waals surface area contributed by atoms with Crippen LogP contribution in [0.5, 0.6) is 0 Å². The van der Waals surface area contributed by atoms with Crippen LogP contribution in [-0.4, -0.2) is 0 Å². The lowest BCUT2D eigenvalue weighted by molar-refractivity contribution is 1.01. The standard InChI is InChI=1S/H2N4S/c1-3-4-5-2/h1-2H. The molecule has 4 nitrogen and oxygen atoms in total. The summed E-state index contributed by atoms with van der Waals surface area (Å²) in [6.45, 7) is 0. The van der Waals surface area contributed by atoms with E-state index in [9.17, 15) is 0 Å². The van der Waals surface area contributed by atoms with Crippen molar-refractivity contribution >= 4 is 11.4 Å². The molecule has 28 valence electrons. The van der Waals surface area contributed by atoms with Crippen molar-refractivity contribution in [1.29, 1.82) is 10.3 Å². The van der Waals surface area contributed by atoms with Crippen LogP contribution in [-0.2, 0) is 11.4 Å². The zero-order valence-electron chi connectivity index (χ0n) is 2.30. The van der Waals surface area contributed by atoms with Crippen LogP contribution >= 0.6 is 0 Å². The van der Waals surface area contributed by atoms with Crippen LogP contribution in [0.3, 0.4) is 0 Å². The molecule has 0 spiro atoms. The second kappa shape index (κ2) is 3.42. The molecule has 0 amide bonds. The van der Waals surface area contributed by atoms with Crippen LogP contribution in [0.4, 0.5) is 0 Å². The Morgan fingerprint density at radius 3 is 2.20 bits per heavy atom. The molecule has 0 aliphatic heterocycles. The van der Waals surface area contributed by atoms with E-state index >= 15 is 0 Å². The normalized spacial score (nSPS) is 5.60. The molecule has 0 aliphatic rings. The average Bonchev–Trinajstić information content (AvgIpc) is 1.41. The summed E-state index contributed by atoms with van der Waals surface area (Å²) in [5.74, 6) is 0. The Hall–Kier alpha value is -0.580. The summed E-state index contributed by atoms with van der Waals surface area (Å²) in [5.41, 5.74) is 5.92. The highest BCUT2D eigenvalue weighted by molar-refractivity contribution is 7.55. The van der Waals surface area contributed by atoms with Gasteiger partial charge < -0.3 is 0 Å². The molecule has 0 aromatic carbocycles. The molecule has 2 N–H and O–H groups in total. The van der Waals surface area contributed by atoms with Crippen molar-refractivity contribution in [3.8, 4) is 0 Å². The number of rotatable bonds is 1. The van der Waals surface area contributed by atoms with Crippen molar-refractivity contribution < 1.29 is 0 Å². The minimum atomic E-state index is 0.422. The lowest BCUT2D eigenvalue weighted by Gasteiger charge is -1.46. The Bertz CT molecular complexity index is 67.7. The van der Waals surface area contributed by atoms with E-state index in [2.05, 4.69) is 9.69 Å². The molecular weight excluding hydrogens is 88.1 g/mol. The minimum Gasteiger partial charge on any atom is -0.228 e. The van der Waals surface area contributed by atoms with Gasteiger partial charge in [0, 0.05) is 0 Å². The average molecular weight is 90.1 g/mol. The van der Waals surface area contributed by atoms with Gasteiger partial charge >= 0.3 is 0 Å². The Morgan fingerprint density at radius 2 is 2.20 bits per heavy atom. The fourth-order valence-electron chi connectivity index (χ4n) is 0.0204. The van der Waals surface area contributed by atoms with Gasteiger partial charge in [-0.2, -0.15) is 5.53 Å². The summed E-state index contributed by atoms with van der Waals surface area (Å²) in [7, 11) is 0. The van der Waals surface area contributed by atoms with Crippen LogP contribution in [0.25, 0.3) is 0 Å². The second-order valence-electron chi connectivity index (χ2n) is 0.273. The molecule has 0 atom stereocenters. The zero-order chi connectivity index (χ0) is 4.12. The third-order valence-corrected chi connectivity index (χ3v) is 0.245. The SMILES string of the molecule is N=NN=S=N. The second-order valence-corrected chi connectivity index (χ2v) is 0.619. The quantitative estimate of drug-likeness (QED) is 0.355. The van der Waals surface area contributed by atoms with Gasteiger partial charge in [-0.15, -0.1) is 0 Å². The van der Waals surface area contributed by atoms with Crippen molar-refractivity contribution in [1.82, 2.24) is 0 Å². The number of hydrogen-bond donors (Lipinski definition) is 2. The Labute approximate surface area is 32.4 Å². The van der Waals surface area contributed by atoms with Crippen LogP contribution in [0, 0.1) is 10.3 Å². The fraction of sp³-hybridized carbons (Fsp3) is 0. The Morgan fingerprint density at radius 1 is 1.60 bits per heavy atom. The van der Waals surface area contributed by atoms with Gasteiger partial charge in [-0.3, -0.25) is 0 Å². The first-order valence-electron chi connectivity index (χ1n) is 0.810. The molecule has 0 saturated heterocycles. The molecule has 0 bridgehead atoms. The number of hydrogen-bond acceptors (Lipinski definition) is 2. The fourth-order valence-corrected chi connectivity index (χ4v) is 0.0612. The van der Waals surface area contributed by atoms with Gasteiger partial charge in [-0.1, -0.05) is 4.47 Å². The maximum atomic E-state index is 6.14. The highest BCUT2D eigenvalue weighted by Gasteiger charge is 1.38. The van der Waals surface area contributed by atoms with Crippen LogP contribution in [0.15, 0.2) is 9.69 Å². The van der Waals surface area contributed by atoms with Crippen molar-refractivity contribution in [2.24, 2.45) is 9.69 Å². The smallest absolute Gasteiger partial charge is 0.0835 e. The van der Waals surface area contributed by atoms with Crippen molar-refractivity contribution in [2.75, 3.05) is 0 Å². The van der Waals surface area contributed by atoms with Crippen molar-refractivity contribution in [2.45, 2.75) is 0 Å². The third kappa shape index (κ3) is 3.42. The summed E-state index contributed by atoms with van der Waals surface area (Å²) < 4.78 is 8.99. The van der Waals surface area contributed by atoms with Gasteiger partial charge in [-0.05, 0) is 5.22 Å². The summed E-state index contributed by atoms with van der Waals surface area (Å²) in [5, 5.41) is 2.50. The molecule has 0 aromatic rings. The Balaban J connectivity index is 3.31. The van der Waals surface area contributed by atoms with Crippen LogP contribution in [0.2, 0.25) is 0 Å². The maximum absolute atomic E-state index is 6.14. The molecule has 5 heavy (non-hydrogen) atoms. The predicted octanol–water partition coefficient (Wildman–Crippen LogP) is 0.961. The first-order valence-corrected chi connectivity index (χ1v) is 1.58. The summed E-state index contributed by atoms with van der Waals surface area (Å²) in [6.07, 6.45) is 0. The van der Waals surface area contributed by atoms with Crippen LogP contribution < -0.4 is 0 Å². The largest absolute Gasteiger partial charge is 0.228 e. The van der Waals surface area contributed by atoms with Gasteiger partial charge in [0.25, 0.3) is 0 Å². The van der Waals surface area contributed by atoms with Gasteiger partial charge in [0.1, 0.15) is 0 Å². The Kier molecular flexibility index (Phi) is 3.02. The van der Waals surface area contributed by atoms with E-state index in [1.165, 1.54) is 0 Å². The lowest BCUT2D eigenvalue weighted by atomic mass is 12.8. The monoisotopic (exact) mass is 90.0 g/mol. The topological polar surface area (TPSA) is 72.4 Å². The highest BCUT2D eigenvalue weighted by Crippen LogP contribution is 1.56. The van der Waals surface area contributed by atoms with E-state index in [-0.39, 0.29) is 0 Å². The van der Waals surface area contributed by atoms with E-state index in [1.807, 2.05) is 0 Å². The zero-order valence-corrected chi connectivity index (χ0v) is 3.12. The molecular formula is H2N4S. The van der Waals surface area contributed by atoms with Crippen molar-refractivity contribution in [3.63, 3.8) is 0 Å². The molecule has 0 aliphatic carbocycles. The number of nitrogens with one attached hydrogen (secondary N) is 2.